The first-order valence-corrected chi connectivity index (χ1v) is 7.63. The normalized spacial score (nSPS) is 19.0. The van der Waals surface area contributed by atoms with Crippen molar-refractivity contribution in [2.45, 2.75) is 13.3 Å². The van der Waals surface area contributed by atoms with Crippen LogP contribution in [0.2, 0.25) is 0 Å². The summed E-state index contributed by atoms with van der Waals surface area (Å²) >= 11 is 4.45. The van der Waals surface area contributed by atoms with Crippen LogP contribution >= 0.6 is 27.7 Å². The maximum absolute atomic E-state index is 13.3. The Morgan fingerprint density at radius 3 is 2.89 bits per heavy atom. The molecule has 6 heteroatoms. The molecule has 1 aliphatic rings. The van der Waals surface area contributed by atoms with Crippen molar-refractivity contribution in [1.29, 1.82) is 0 Å². The molecule has 1 heterocycles. The van der Waals surface area contributed by atoms with Gasteiger partial charge < -0.3 is 4.90 Å². The molecule has 1 amide bonds. The van der Waals surface area contributed by atoms with Crippen molar-refractivity contribution >= 4 is 44.4 Å². The molecule has 0 N–H and O–H groups in total. The second kappa shape index (κ2) is 6.05. The number of carbonyl (C=O) groups excluding carboxylic acids is 2. The van der Waals surface area contributed by atoms with E-state index in [0.717, 1.165) is 0 Å². The van der Waals surface area contributed by atoms with Crippen LogP contribution in [0.1, 0.15) is 13.3 Å². The van der Waals surface area contributed by atoms with E-state index in [-0.39, 0.29) is 22.8 Å². The fourth-order valence-electron chi connectivity index (χ4n) is 2.07. The summed E-state index contributed by atoms with van der Waals surface area (Å²) in [6.07, 6.45) is 0.411. The SMILES string of the molecule is CC(=O)SCC1CC(=O)N(c2cc(F)cc(Br)c2)C1. The molecule has 1 aliphatic heterocycles. The van der Waals surface area contributed by atoms with Crippen molar-refractivity contribution in [2.75, 3.05) is 17.2 Å². The molecular weight excluding hydrogens is 333 g/mol. The Hall–Kier alpha value is -0.880. The van der Waals surface area contributed by atoms with Gasteiger partial charge in [-0.1, -0.05) is 27.7 Å². The lowest BCUT2D eigenvalue weighted by Gasteiger charge is -2.17. The van der Waals surface area contributed by atoms with Crippen LogP contribution in [0.5, 0.6) is 0 Å². The molecule has 3 nitrogen and oxygen atoms in total. The van der Waals surface area contributed by atoms with Crippen LogP contribution in [0.15, 0.2) is 22.7 Å². The van der Waals surface area contributed by atoms with E-state index in [2.05, 4.69) is 15.9 Å². The van der Waals surface area contributed by atoms with Crippen LogP contribution < -0.4 is 4.90 Å². The summed E-state index contributed by atoms with van der Waals surface area (Å²) in [5, 5.41) is 0.0550. The summed E-state index contributed by atoms with van der Waals surface area (Å²) < 4.78 is 14.0. The molecule has 19 heavy (non-hydrogen) atoms. The average molecular weight is 346 g/mol. The summed E-state index contributed by atoms with van der Waals surface area (Å²) in [4.78, 5) is 24.5. The average Bonchev–Trinajstić information content (AvgIpc) is 2.66. The van der Waals surface area contributed by atoms with Crippen LogP contribution in [0.4, 0.5) is 10.1 Å². The highest BCUT2D eigenvalue weighted by molar-refractivity contribution is 9.10. The van der Waals surface area contributed by atoms with Crippen molar-refractivity contribution in [3.8, 4) is 0 Å². The summed E-state index contributed by atoms with van der Waals surface area (Å²) in [5.74, 6) is 0.377. The lowest BCUT2D eigenvalue weighted by atomic mass is 10.1. The van der Waals surface area contributed by atoms with Gasteiger partial charge in [-0.15, -0.1) is 0 Å². The highest BCUT2D eigenvalue weighted by Gasteiger charge is 2.31. The van der Waals surface area contributed by atoms with Crippen molar-refractivity contribution in [3.05, 3.63) is 28.5 Å². The molecular formula is C13H13BrFNO2S. The number of nitrogens with zero attached hydrogens (tertiary/aromatic N) is 1. The van der Waals surface area contributed by atoms with Crippen LogP contribution in [0.3, 0.4) is 0 Å². The zero-order chi connectivity index (χ0) is 14.0. The highest BCUT2D eigenvalue weighted by atomic mass is 79.9. The third-order valence-corrected chi connectivity index (χ3v) is 4.39. The number of hydrogen-bond acceptors (Lipinski definition) is 3. The Balaban J connectivity index is 2.09. The van der Waals surface area contributed by atoms with Crippen LogP contribution in [-0.2, 0) is 9.59 Å². The molecule has 1 fully saturated rings. The third kappa shape index (κ3) is 3.79. The summed E-state index contributed by atoms with van der Waals surface area (Å²) in [6, 6.07) is 4.43. The number of hydrogen-bond donors (Lipinski definition) is 0. The van der Waals surface area contributed by atoms with Gasteiger partial charge in [0.05, 0.1) is 0 Å². The second-order valence-corrected chi connectivity index (χ2v) is 6.62. The van der Waals surface area contributed by atoms with Gasteiger partial charge in [-0.3, -0.25) is 9.59 Å². The summed E-state index contributed by atoms with van der Waals surface area (Å²) in [6.45, 7) is 2.05. The Bertz CT molecular complexity index is 503. The predicted molar refractivity (Wildman–Crippen MR) is 77.7 cm³/mol. The molecule has 0 radical (unpaired) electrons. The smallest absolute Gasteiger partial charge is 0.227 e. The molecule has 1 atom stereocenters. The topological polar surface area (TPSA) is 37.4 Å². The van der Waals surface area contributed by atoms with Crippen LogP contribution in [-0.4, -0.2) is 23.3 Å². The van der Waals surface area contributed by atoms with Gasteiger partial charge in [0.1, 0.15) is 5.82 Å². The van der Waals surface area contributed by atoms with Crippen molar-refractivity contribution < 1.29 is 14.0 Å². The number of benzene rings is 1. The molecule has 1 unspecified atom stereocenters. The van der Waals surface area contributed by atoms with Crippen LogP contribution in [0.25, 0.3) is 0 Å². The molecule has 1 saturated heterocycles. The number of amides is 1. The van der Waals surface area contributed by atoms with E-state index in [9.17, 15) is 14.0 Å². The van der Waals surface area contributed by atoms with Gasteiger partial charge in [0.25, 0.3) is 0 Å². The highest BCUT2D eigenvalue weighted by Crippen LogP contribution is 2.29. The number of thioether (sulfide) groups is 1. The number of anilines is 1. The van der Waals surface area contributed by atoms with Gasteiger partial charge in [0, 0.05) is 35.8 Å². The number of carbonyl (C=O) groups is 2. The first-order valence-electron chi connectivity index (χ1n) is 5.85. The van der Waals surface area contributed by atoms with E-state index in [1.165, 1.54) is 30.8 Å². The van der Waals surface area contributed by atoms with Gasteiger partial charge in [0.2, 0.25) is 5.91 Å². The minimum atomic E-state index is -0.376. The molecule has 2 rings (SSSR count). The summed E-state index contributed by atoms with van der Waals surface area (Å²) in [5.41, 5.74) is 0.562. The standard InChI is InChI=1S/C13H13BrFNO2S/c1-8(17)19-7-9-2-13(18)16(6-9)12-4-10(14)3-11(15)5-12/h3-5,9H,2,6-7H2,1H3. The lowest BCUT2D eigenvalue weighted by Crippen LogP contribution is -2.24. The monoisotopic (exact) mass is 345 g/mol. The van der Waals surface area contributed by atoms with Crippen molar-refractivity contribution in [3.63, 3.8) is 0 Å². The third-order valence-electron chi connectivity index (χ3n) is 2.89. The first kappa shape index (κ1) is 14.5. The Kier molecular flexibility index (Phi) is 4.62. The molecule has 102 valence electrons. The van der Waals surface area contributed by atoms with Gasteiger partial charge >= 0.3 is 0 Å². The molecule has 1 aromatic rings. The molecule has 1 aromatic carbocycles. The Morgan fingerprint density at radius 1 is 1.53 bits per heavy atom. The van der Waals surface area contributed by atoms with E-state index < -0.39 is 0 Å². The van der Waals surface area contributed by atoms with Crippen molar-refractivity contribution in [1.82, 2.24) is 0 Å². The predicted octanol–water partition coefficient (Wildman–Crippen LogP) is 3.22. The van der Waals surface area contributed by atoms with E-state index in [1.807, 2.05) is 0 Å². The maximum atomic E-state index is 13.3. The minimum Gasteiger partial charge on any atom is -0.312 e. The Labute approximate surface area is 123 Å². The van der Waals surface area contributed by atoms with Crippen molar-refractivity contribution in [2.24, 2.45) is 5.92 Å². The van der Waals surface area contributed by atoms with E-state index in [4.69, 9.17) is 0 Å². The first-order chi connectivity index (χ1) is 8.95. The fraction of sp³-hybridized carbons (Fsp3) is 0.385. The minimum absolute atomic E-state index is 0.0216. The van der Waals surface area contributed by atoms with E-state index >= 15 is 0 Å². The number of rotatable bonds is 3. The fourth-order valence-corrected chi connectivity index (χ4v) is 3.22. The largest absolute Gasteiger partial charge is 0.312 e. The zero-order valence-electron chi connectivity index (χ0n) is 10.4. The second-order valence-electron chi connectivity index (χ2n) is 4.50. The van der Waals surface area contributed by atoms with Gasteiger partial charge in [-0.25, -0.2) is 4.39 Å². The van der Waals surface area contributed by atoms with Crippen LogP contribution in [0, 0.1) is 11.7 Å². The quantitative estimate of drug-likeness (QED) is 0.843. The molecule has 0 saturated carbocycles. The van der Waals surface area contributed by atoms with Gasteiger partial charge in [-0.2, -0.15) is 0 Å². The summed E-state index contributed by atoms with van der Waals surface area (Å²) in [7, 11) is 0. The van der Waals surface area contributed by atoms with E-state index in [0.29, 0.717) is 28.9 Å². The Morgan fingerprint density at radius 2 is 2.26 bits per heavy atom. The zero-order valence-corrected chi connectivity index (χ0v) is 12.8. The van der Waals surface area contributed by atoms with Gasteiger partial charge in [0.15, 0.2) is 5.12 Å². The number of halogens is 2. The van der Waals surface area contributed by atoms with Gasteiger partial charge in [-0.05, 0) is 24.1 Å². The molecule has 0 bridgehead atoms. The molecule has 0 aliphatic carbocycles. The lowest BCUT2D eigenvalue weighted by molar-refractivity contribution is -0.117. The molecule has 0 aromatic heterocycles. The molecule has 0 spiro atoms. The van der Waals surface area contributed by atoms with E-state index in [1.54, 1.807) is 11.0 Å². The maximum Gasteiger partial charge on any atom is 0.227 e.